The number of ketones is 2. The second kappa shape index (κ2) is 23.6. The summed E-state index contributed by atoms with van der Waals surface area (Å²) in [5, 5.41) is 0. The molecule has 12 heteroatoms. The average Bonchev–Trinajstić information content (AvgIpc) is 3.11. The Hall–Kier alpha value is -4.74. The second-order valence-electron chi connectivity index (χ2n) is 11.7. The fraction of sp³-hybridized carbons (Fsp3) is 0.526. The van der Waals surface area contributed by atoms with Crippen molar-refractivity contribution in [3.63, 3.8) is 0 Å². The van der Waals surface area contributed by atoms with Crippen LogP contribution in [-0.4, -0.2) is 49.0 Å². The Balaban J connectivity index is 2.30. The Morgan fingerprint density at radius 2 is 0.860 bits per heavy atom. The van der Waals surface area contributed by atoms with Gasteiger partial charge in [-0.3, -0.25) is 9.59 Å². The fourth-order valence-electron chi connectivity index (χ4n) is 4.75. The van der Waals surface area contributed by atoms with Gasteiger partial charge in [0.15, 0.2) is 11.6 Å². The van der Waals surface area contributed by atoms with Crippen molar-refractivity contribution in [1.82, 2.24) is 0 Å². The van der Waals surface area contributed by atoms with Crippen LogP contribution in [0.4, 0.5) is 9.59 Å². The van der Waals surface area contributed by atoms with Crippen molar-refractivity contribution in [2.45, 2.75) is 118 Å². The van der Waals surface area contributed by atoms with Gasteiger partial charge in [-0.25, -0.2) is 29.0 Å². The minimum Gasteiger partial charge on any atom is -0.434 e. The van der Waals surface area contributed by atoms with E-state index in [4.69, 9.17) is 28.7 Å². The molecule has 0 aliphatic carbocycles. The first-order chi connectivity index (χ1) is 24.1. The van der Waals surface area contributed by atoms with E-state index in [0.717, 1.165) is 51.4 Å². The Kier molecular flexibility index (Phi) is 19.5. The second-order valence-corrected chi connectivity index (χ2v) is 11.7. The third kappa shape index (κ3) is 14.8. The number of hydrogen-bond donors (Lipinski definition) is 0. The molecule has 0 amide bonds. The van der Waals surface area contributed by atoms with E-state index in [2.05, 4.69) is 13.8 Å². The van der Waals surface area contributed by atoms with E-state index < -0.39 is 24.2 Å². The van der Waals surface area contributed by atoms with Crippen molar-refractivity contribution in [1.29, 1.82) is 0 Å². The average molecular weight is 699 g/mol. The number of rotatable bonds is 22. The quantitative estimate of drug-likeness (QED) is 0.0287. The third-order valence-corrected chi connectivity index (χ3v) is 7.49. The van der Waals surface area contributed by atoms with Crippen LogP contribution in [0.25, 0.3) is 0 Å². The SMILES string of the molecule is CCCCCCCC(=O)c1ccc(OC(=O)OCCC)c(C(=O)OOC(=O)c2cc(C(=O)CCCCCCC)ccc2OC(=O)OCCC)c1. The molecular formula is C38H50O12. The summed E-state index contributed by atoms with van der Waals surface area (Å²) in [7, 11) is 0. The topological polar surface area (TPSA) is 158 Å². The lowest BCUT2D eigenvalue weighted by Crippen LogP contribution is -2.18. The Labute approximate surface area is 294 Å². The highest BCUT2D eigenvalue weighted by Gasteiger charge is 2.25. The molecule has 0 radical (unpaired) electrons. The first kappa shape index (κ1) is 41.4. The Morgan fingerprint density at radius 1 is 0.480 bits per heavy atom. The van der Waals surface area contributed by atoms with Crippen molar-refractivity contribution in [3.05, 3.63) is 58.7 Å². The van der Waals surface area contributed by atoms with Gasteiger partial charge in [-0.05, 0) is 62.1 Å². The Bertz CT molecular complexity index is 1320. The molecule has 12 nitrogen and oxygen atoms in total. The van der Waals surface area contributed by atoms with E-state index in [9.17, 15) is 28.8 Å². The van der Waals surface area contributed by atoms with Crippen LogP contribution >= 0.6 is 0 Å². The summed E-state index contributed by atoms with van der Waals surface area (Å²) < 4.78 is 20.3. The normalized spacial score (nSPS) is 10.6. The maximum absolute atomic E-state index is 13.3. The lowest BCUT2D eigenvalue weighted by Gasteiger charge is -2.12. The molecule has 0 bridgehead atoms. The molecule has 2 rings (SSSR count). The molecule has 0 unspecified atom stereocenters. The number of unbranched alkanes of at least 4 members (excludes halogenated alkanes) is 8. The van der Waals surface area contributed by atoms with Gasteiger partial charge in [0.1, 0.15) is 22.6 Å². The van der Waals surface area contributed by atoms with Crippen LogP contribution in [0.15, 0.2) is 36.4 Å². The molecule has 50 heavy (non-hydrogen) atoms. The molecule has 0 heterocycles. The summed E-state index contributed by atoms with van der Waals surface area (Å²) >= 11 is 0. The zero-order valence-corrected chi connectivity index (χ0v) is 29.7. The minimum atomic E-state index is -1.27. The molecule has 0 atom stereocenters. The van der Waals surface area contributed by atoms with E-state index in [0.29, 0.717) is 25.7 Å². The fourth-order valence-corrected chi connectivity index (χ4v) is 4.75. The highest BCUT2D eigenvalue weighted by Crippen LogP contribution is 2.26. The van der Waals surface area contributed by atoms with Crippen molar-refractivity contribution in [2.75, 3.05) is 13.2 Å². The molecule has 2 aromatic carbocycles. The van der Waals surface area contributed by atoms with Gasteiger partial charge in [0.05, 0.1) is 13.2 Å². The van der Waals surface area contributed by atoms with Crippen LogP contribution < -0.4 is 9.47 Å². The van der Waals surface area contributed by atoms with E-state index >= 15 is 0 Å². The zero-order chi connectivity index (χ0) is 36.7. The predicted molar refractivity (Wildman–Crippen MR) is 184 cm³/mol. The molecule has 0 saturated carbocycles. The van der Waals surface area contributed by atoms with Gasteiger partial charge >= 0.3 is 24.2 Å². The first-order valence-corrected chi connectivity index (χ1v) is 17.6. The zero-order valence-electron chi connectivity index (χ0n) is 29.7. The number of ether oxygens (including phenoxy) is 4. The van der Waals surface area contributed by atoms with E-state index in [1.807, 2.05) is 0 Å². The number of carbonyl (C=O) groups excluding carboxylic acids is 6. The molecule has 0 aliphatic heterocycles. The summed E-state index contributed by atoms with van der Waals surface area (Å²) in [4.78, 5) is 86.4. The molecule has 2 aromatic rings. The van der Waals surface area contributed by atoms with Crippen LogP contribution in [0.2, 0.25) is 0 Å². The van der Waals surface area contributed by atoms with Crippen LogP contribution in [0, 0.1) is 0 Å². The molecule has 0 fully saturated rings. The number of Topliss-reactive ketones (excluding diaryl/α,β-unsaturated/α-hetero) is 2. The summed E-state index contributed by atoms with van der Waals surface area (Å²) in [5.41, 5.74) is -0.435. The van der Waals surface area contributed by atoms with Gasteiger partial charge in [0, 0.05) is 24.0 Å². The van der Waals surface area contributed by atoms with Gasteiger partial charge < -0.3 is 18.9 Å². The molecular weight excluding hydrogens is 648 g/mol. The van der Waals surface area contributed by atoms with E-state index in [1.54, 1.807) is 13.8 Å². The maximum Gasteiger partial charge on any atom is 0.513 e. The van der Waals surface area contributed by atoms with E-state index in [1.165, 1.54) is 36.4 Å². The highest BCUT2D eigenvalue weighted by atomic mass is 17.2. The van der Waals surface area contributed by atoms with Gasteiger partial charge in [-0.2, -0.15) is 0 Å². The van der Waals surface area contributed by atoms with Crippen molar-refractivity contribution >= 4 is 35.8 Å². The van der Waals surface area contributed by atoms with Crippen LogP contribution in [0.3, 0.4) is 0 Å². The van der Waals surface area contributed by atoms with Gasteiger partial charge in [-0.15, -0.1) is 0 Å². The summed E-state index contributed by atoms with van der Waals surface area (Å²) in [6, 6.07) is 7.69. The third-order valence-electron chi connectivity index (χ3n) is 7.49. The van der Waals surface area contributed by atoms with Gasteiger partial charge in [-0.1, -0.05) is 79.1 Å². The predicted octanol–water partition coefficient (Wildman–Crippen LogP) is 9.55. The van der Waals surface area contributed by atoms with Crippen LogP contribution in [0.1, 0.15) is 159 Å². The summed E-state index contributed by atoms with van der Waals surface area (Å²) in [6.45, 7) is 7.91. The molecule has 0 aromatic heterocycles. The number of carbonyl (C=O) groups is 6. The Morgan fingerprint density at radius 3 is 1.22 bits per heavy atom. The van der Waals surface area contributed by atoms with Gasteiger partial charge in [0.25, 0.3) is 0 Å². The van der Waals surface area contributed by atoms with E-state index in [-0.39, 0.29) is 71.4 Å². The smallest absolute Gasteiger partial charge is 0.434 e. The van der Waals surface area contributed by atoms with Crippen LogP contribution in [-0.2, 0) is 19.2 Å². The molecule has 0 spiro atoms. The molecule has 0 aliphatic rings. The lowest BCUT2D eigenvalue weighted by molar-refractivity contribution is -0.187. The lowest BCUT2D eigenvalue weighted by atomic mass is 10.0. The standard InChI is InChI=1S/C38H50O12/c1-5-9-11-13-15-17-31(39)27-19-21-33(47-37(43)45-23-7-3)29(25-27)35(41)49-50-36(42)30-26-28(32(40)18-16-14-12-10-6-2)20-22-34(30)48-38(44)46-24-8-4/h19-22,25-26H,5-18,23-24H2,1-4H3. The summed E-state index contributed by atoms with van der Waals surface area (Å²) in [6.07, 6.45) is 8.71. The number of hydrogen-bond acceptors (Lipinski definition) is 12. The van der Waals surface area contributed by atoms with Crippen LogP contribution in [0.5, 0.6) is 11.5 Å². The monoisotopic (exact) mass is 698 g/mol. The molecule has 274 valence electrons. The summed E-state index contributed by atoms with van der Waals surface area (Å²) in [5.74, 6) is -3.59. The van der Waals surface area contributed by atoms with Crippen molar-refractivity contribution in [2.24, 2.45) is 0 Å². The van der Waals surface area contributed by atoms with Crippen molar-refractivity contribution in [3.8, 4) is 11.5 Å². The van der Waals surface area contributed by atoms with Gasteiger partial charge in [0.2, 0.25) is 0 Å². The minimum absolute atomic E-state index is 0.0711. The highest BCUT2D eigenvalue weighted by molar-refractivity contribution is 6.02. The number of benzene rings is 2. The van der Waals surface area contributed by atoms with Crippen molar-refractivity contribution < 1.29 is 57.5 Å². The largest absolute Gasteiger partial charge is 0.513 e. The molecule has 0 N–H and O–H groups in total. The first-order valence-electron chi connectivity index (χ1n) is 17.6. The molecule has 0 saturated heterocycles. The maximum atomic E-state index is 13.3.